The number of nitrogens with zero attached hydrogens (tertiary/aromatic N) is 2. The summed E-state index contributed by atoms with van der Waals surface area (Å²) in [5.74, 6) is 0. The molecule has 0 aliphatic carbocycles. The molecular formula is C16H13N3O2S2. The van der Waals surface area contributed by atoms with E-state index < -0.39 is 10.0 Å². The van der Waals surface area contributed by atoms with Gasteiger partial charge in [0.05, 0.1) is 11.4 Å². The summed E-state index contributed by atoms with van der Waals surface area (Å²) in [4.78, 5) is 0. The second kappa shape index (κ2) is 6.72. The van der Waals surface area contributed by atoms with Gasteiger partial charge in [-0.1, -0.05) is 24.3 Å². The summed E-state index contributed by atoms with van der Waals surface area (Å²) in [6.45, 7) is 0. The Morgan fingerprint density at radius 1 is 0.783 bits per heavy atom. The van der Waals surface area contributed by atoms with E-state index in [1.807, 2.05) is 30.3 Å². The van der Waals surface area contributed by atoms with Crippen molar-refractivity contribution in [1.29, 1.82) is 0 Å². The molecule has 0 saturated heterocycles. The Bertz CT molecular complexity index is 888. The normalized spacial score (nSPS) is 11.7. The molecule has 7 heteroatoms. The van der Waals surface area contributed by atoms with Crippen LogP contribution in [-0.4, -0.2) is 8.42 Å². The van der Waals surface area contributed by atoms with Gasteiger partial charge in [-0.2, -0.15) is 10.2 Å². The van der Waals surface area contributed by atoms with Crippen molar-refractivity contribution in [2.45, 2.75) is 4.21 Å². The lowest BCUT2D eigenvalue weighted by atomic mass is 10.3. The maximum atomic E-state index is 12.1. The first-order valence-electron chi connectivity index (χ1n) is 6.77. The van der Waals surface area contributed by atoms with Crippen molar-refractivity contribution in [3.8, 4) is 0 Å². The largest absolute Gasteiger partial charge is 0.279 e. The predicted molar refractivity (Wildman–Crippen MR) is 92.2 cm³/mol. The first kappa shape index (κ1) is 15.4. The van der Waals surface area contributed by atoms with Gasteiger partial charge in [0.1, 0.15) is 4.21 Å². The zero-order chi connectivity index (χ0) is 16.1. The highest BCUT2D eigenvalue weighted by molar-refractivity contribution is 7.94. The van der Waals surface area contributed by atoms with Gasteiger partial charge in [-0.3, -0.25) is 4.72 Å². The van der Waals surface area contributed by atoms with Crippen molar-refractivity contribution in [1.82, 2.24) is 0 Å². The topological polar surface area (TPSA) is 70.9 Å². The summed E-state index contributed by atoms with van der Waals surface area (Å²) in [5.41, 5.74) is 1.89. The molecule has 116 valence electrons. The molecule has 0 aliphatic heterocycles. The number of rotatable bonds is 5. The first-order chi connectivity index (χ1) is 11.1. The molecule has 0 atom stereocenters. The minimum atomic E-state index is -3.52. The van der Waals surface area contributed by atoms with E-state index in [2.05, 4.69) is 15.0 Å². The lowest BCUT2D eigenvalue weighted by Crippen LogP contribution is -2.11. The Kier molecular flexibility index (Phi) is 4.50. The third-order valence-electron chi connectivity index (χ3n) is 2.92. The SMILES string of the molecule is O=S(=O)(Nc1ccc(N=Nc2ccccc2)cc1)c1cccs1. The predicted octanol–water partition coefficient (Wildman–Crippen LogP) is 4.96. The quantitative estimate of drug-likeness (QED) is 0.665. The fourth-order valence-electron chi connectivity index (χ4n) is 1.83. The molecule has 0 radical (unpaired) electrons. The Hall–Kier alpha value is -2.51. The van der Waals surface area contributed by atoms with Crippen molar-refractivity contribution in [2.75, 3.05) is 4.72 Å². The van der Waals surface area contributed by atoms with Crippen LogP contribution in [0.25, 0.3) is 0 Å². The van der Waals surface area contributed by atoms with Crippen LogP contribution in [0, 0.1) is 0 Å². The summed E-state index contributed by atoms with van der Waals surface area (Å²) < 4.78 is 27.0. The van der Waals surface area contributed by atoms with Crippen LogP contribution >= 0.6 is 11.3 Å². The highest BCUT2D eigenvalue weighted by Crippen LogP contribution is 2.23. The second-order valence-corrected chi connectivity index (χ2v) is 7.48. The highest BCUT2D eigenvalue weighted by Gasteiger charge is 2.14. The number of hydrogen-bond donors (Lipinski definition) is 1. The number of hydrogen-bond acceptors (Lipinski definition) is 5. The van der Waals surface area contributed by atoms with Gasteiger partial charge >= 0.3 is 0 Å². The van der Waals surface area contributed by atoms with Crippen molar-refractivity contribution in [3.63, 3.8) is 0 Å². The van der Waals surface area contributed by atoms with Crippen molar-refractivity contribution < 1.29 is 8.42 Å². The number of anilines is 1. The van der Waals surface area contributed by atoms with Gasteiger partial charge in [-0.15, -0.1) is 11.3 Å². The molecule has 3 aromatic rings. The molecule has 3 rings (SSSR count). The number of nitrogens with one attached hydrogen (secondary N) is 1. The van der Waals surface area contributed by atoms with Gasteiger partial charge in [0.2, 0.25) is 0 Å². The van der Waals surface area contributed by atoms with Crippen LogP contribution in [0.1, 0.15) is 0 Å². The molecule has 5 nitrogen and oxygen atoms in total. The summed E-state index contributed by atoms with van der Waals surface area (Å²) in [7, 11) is -3.52. The zero-order valence-corrected chi connectivity index (χ0v) is 13.6. The average Bonchev–Trinajstić information content (AvgIpc) is 3.10. The van der Waals surface area contributed by atoms with Gasteiger partial charge in [0.25, 0.3) is 10.0 Å². The standard InChI is InChI=1S/C16H13N3O2S2/c20-23(21,16-7-4-12-22-16)19-15-10-8-14(9-11-15)18-17-13-5-2-1-3-6-13/h1-12,19H. The molecule has 0 spiro atoms. The van der Waals surface area contributed by atoms with Gasteiger partial charge in [-0.05, 0) is 47.8 Å². The summed E-state index contributed by atoms with van der Waals surface area (Å²) in [6, 6.07) is 19.4. The van der Waals surface area contributed by atoms with Crippen LogP contribution in [0.3, 0.4) is 0 Å². The minimum absolute atomic E-state index is 0.283. The number of benzene rings is 2. The summed E-state index contributed by atoms with van der Waals surface area (Å²) in [5, 5.41) is 9.95. The van der Waals surface area contributed by atoms with E-state index in [-0.39, 0.29) is 4.21 Å². The number of sulfonamides is 1. The van der Waals surface area contributed by atoms with Gasteiger partial charge in [0.15, 0.2) is 0 Å². The Morgan fingerprint density at radius 2 is 1.43 bits per heavy atom. The van der Waals surface area contributed by atoms with E-state index in [4.69, 9.17) is 0 Å². The van der Waals surface area contributed by atoms with Crippen LogP contribution < -0.4 is 4.72 Å². The van der Waals surface area contributed by atoms with Crippen LogP contribution in [-0.2, 0) is 10.0 Å². The maximum Gasteiger partial charge on any atom is 0.271 e. The van der Waals surface area contributed by atoms with E-state index in [9.17, 15) is 8.42 Å². The molecule has 1 aromatic heterocycles. The molecule has 1 heterocycles. The fourth-order valence-corrected chi connectivity index (χ4v) is 3.88. The van der Waals surface area contributed by atoms with Crippen molar-refractivity contribution >= 4 is 38.4 Å². The molecule has 1 N–H and O–H groups in total. The highest BCUT2D eigenvalue weighted by atomic mass is 32.2. The molecular weight excluding hydrogens is 330 g/mol. The van der Waals surface area contributed by atoms with Crippen LogP contribution in [0.4, 0.5) is 17.1 Å². The average molecular weight is 343 g/mol. The molecule has 0 saturated carbocycles. The van der Waals surface area contributed by atoms with E-state index in [1.165, 1.54) is 11.3 Å². The molecule has 0 aliphatic rings. The van der Waals surface area contributed by atoms with Gasteiger partial charge in [-0.25, -0.2) is 8.42 Å². The summed E-state index contributed by atoms with van der Waals surface area (Å²) >= 11 is 1.17. The molecule has 0 amide bonds. The molecule has 0 bridgehead atoms. The lowest BCUT2D eigenvalue weighted by Gasteiger charge is -2.05. The van der Waals surface area contributed by atoms with E-state index in [1.54, 1.807) is 41.8 Å². The zero-order valence-electron chi connectivity index (χ0n) is 12.0. The van der Waals surface area contributed by atoms with E-state index >= 15 is 0 Å². The van der Waals surface area contributed by atoms with Gasteiger partial charge in [0, 0.05) is 5.69 Å². The number of thiophene rings is 1. The molecule has 2 aromatic carbocycles. The van der Waals surface area contributed by atoms with E-state index in [0.717, 1.165) is 5.69 Å². The Morgan fingerprint density at radius 3 is 2.04 bits per heavy atom. The fraction of sp³-hybridized carbons (Fsp3) is 0. The van der Waals surface area contributed by atoms with Crippen molar-refractivity contribution in [3.05, 3.63) is 72.1 Å². The Balaban J connectivity index is 1.71. The Labute approximate surface area is 138 Å². The molecule has 0 unspecified atom stereocenters. The number of azo groups is 1. The minimum Gasteiger partial charge on any atom is -0.279 e. The summed E-state index contributed by atoms with van der Waals surface area (Å²) in [6.07, 6.45) is 0. The monoisotopic (exact) mass is 343 g/mol. The second-order valence-electron chi connectivity index (χ2n) is 4.62. The lowest BCUT2D eigenvalue weighted by molar-refractivity contribution is 0.603. The van der Waals surface area contributed by atoms with Crippen molar-refractivity contribution in [2.24, 2.45) is 10.2 Å². The third kappa shape index (κ3) is 4.02. The van der Waals surface area contributed by atoms with Gasteiger partial charge < -0.3 is 0 Å². The smallest absolute Gasteiger partial charge is 0.271 e. The van der Waals surface area contributed by atoms with Crippen LogP contribution in [0.5, 0.6) is 0 Å². The molecule has 23 heavy (non-hydrogen) atoms. The van der Waals surface area contributed by atoms with Crippen LogP contribution in [0.2, 0.25) is 0 Å². The molecule has 0 fully saturated rings. The van der Waals surface area contributed by atoms with E-state index in [0.29, 0.717) is 11.4 Å². The third-order valence-corrected chi connectivity index (χ3v) is 5.70. The first-order valence-corrected chi connectivity index (χ1v) is 9.13. The van der Waals surface area contributed by atoms with Crippen LogP contribution in [0.15, 0.2) is 86.5 Å². The maximum absolute atomic E-state index is 12.1.